The lowest BCUT2D eigenvalue weighted by Crippen LogP contribution is -2.46. The van der Waals surface area contributed by atoms with E-state index in [9.17, 15) is 9.59 Å². The van der Waals surface area contributed by atoms with Crippen molar-refractivity contribution < 1.29 is 9.59 Å². The number of nitrogens with one attached hydrogen (secondary N) is 1. The zero-order valence-corrected chi connectivity index (χ0v) is 17.6. The van der Waals surface area contributed by atoms with Gasteiger partial charge >= 0.3 is 0 Å². The van der Waals surface area contributed by atoms with E-state index < -0.39 is 0 Å². The van der Waals surface area contributed by atoms with Crippen LogP contribution in [0.2, 0.25) is 0 Å². The number of amides is 2. The summed E-state index contributed by atoms with van der Waals surface area (Å²) in [5, 5.41) is 3.26. The summed E-state index contributed by atoms with van der Waals surface area (Å²) in [7, 11) is 0. The molecule has 1 N–H and O–H groups in total. The van der Waals surface area contributed by atoms with Crippen LogP contribution in [0.15, 0.2) is 52.9 Å². The second-order valence-corrected chi connectivity index (χ2v) is 9.89. The Bertz CT molecular complexity index is 857. The van der Waals surface area contributed by atoms with Gasteiger partial charge in [0.15, 0.2) is 0 Å². The van der Waals surface area contributed by atoms with Crippen molar-refractivity contribution in [3.8, 4) is 0 Å². The van der Waals surface area contributed by atoms with Crippen molar-refractivity contribution in [1.82, 2.24) is 15.1 Å². The molecule has 0 atom stereocenters. The number of hydrogen-bond donors (Lipinski definition) is 1. The molecule has 4 rings (SSSR count). The minimum Gasteiger partial charge on any atom is -0.346 e. The van der Waals surface area contributed by atoms with Crippen molar-refractivity contribution in [2.75, 3.05) is 13.1 Å². The fourth-order valence-electron chi connectivity index (χ4n) is 4.39. The fraction of sp³-hybridized carbons (Fsp3) is 0.478. The predicted octanol–water partition coefficient (Wildman–Crippen LogP) is 3.16. The van der Waals surface area contributed by atoms with Crippen LogP contribution in [0, 0.1) is 0 Å². The van der Waals surface area contributed by atoms with Gasteiger partial charge in [-0.3, -0.25) is 9.59 Å². The Morgan fingerprint density at radius 1 is 0.786 bits per heavy atom. The van der Waals surface area contributed by atoms with E-state index in [1.807, 2.05) is 28.0 Å². The zero-order valence-electron chi connectivity index (χ0n) is 17.6. The molecule has 0 saturated heterocycles. The topological polar surface area (TPSA) is 52.6 Å². The smallest absolute Gasteiger partial charge is 0.271 e. The van der Waals surface area contributed by atoms with E-state index in [0.29, 0.717) is 24.5 Å². The summed E-state index contributed by atoms with van der Waals surface area (Å²) in [5.41, 5.74) is 3.92. The van der Waals surface area contributed by atoms with Gasteiger partial charge in [0.2, 0.25) is 0 Å². The number of carbonyl (C=O) groups excluding carboxylic acids is 2. The number of carbonyl (C=O) groups is 2. The summed E-state index contributed by atoms with van der Waals surface area (Å²) in [6, 6.07) is 10.2. The van der Waals surface area contributed by atoms with Crippen LogP contribution in [0.5, 0.6) is 0 Å². The Morgan fingerprint density at radius 2 is 1.21 bits per heavy atom. The molecule has 0 spiro atoms. The van der Waals surface area contributed by atoms with Gasteiger partial charge in [-0.2, -0.15) is 0 Å². The van der Waals surface area contributed by atoms with Crippen LogP contribution in [0.1, 0.15) is 53.0 Å². The first-order chi connectivity index (χ1) is 13.0. The fourth-order valence-corrected chi connectivity index (χ4v) is 4.39. The third kappa shape index (κ3) is 2.76. The first-order valence-corrected chi connectivity index (χ1v) is 9.92. The number of rotatable bonds is 1. The SMILES string of the molecule is CC(C)(C)N1CC2=C(NC3=C(CN(C(C)(C)C)C3=O)C2c2ccccc2)C1=O. The van der Waals surface area contributed by atoms with E-state index in [4.69, 9.17) is 0 Å². The molecular formula is C23H29N3O2. The average Bonchev–Trinajstić information content (AvgIpc) is 3.12. The highest BCUT2D eigenvalue weighted by Gasteiger charge is 2.49. The molecule has 3 heterocycles. The second-order valence-electron chi connectivity index (χ2n) is 9.89. The van der Waals surface area contributed by atoms with Gasteiger partial charge in [-0.1, -0.05) is 30.3 Å². The van der Waals surface area contributed by atoms with Gasteiger partial charge in [-0.25, -0.2) is 0 Å². The molecule has 0 aliphatic carbocycles. The van der Waals surface area contributed by atoms with E-state index in [1.165, 1.54) is 0 Å². The number of nitrogens with zero attached hydrogens (tertiary/aromatic N) is 2. The van der Waals surface area contributed by atoms with Gasteiger partial charge < -0.3 is 15.1 Å². The molecule has 148 valence electrons. The van der Waals surface area contributed by atoms with E-state index in [0.717, 1.165) is 16.7 Å². The third-order valence-electron chi connectivity index (χ3n) is 5.92. The van der Waals surface area contributed by atoms with Crippen LogP contribution < -0.4 is 5.32 Å². The van der Waals surface area contributed by atoms with Crippen molar-refractivity contribution in [3.63, 3.8) is 0 Å². The largest absolute Gasteiger partial charge is 0.346 e. The van der Waals surface area contributed by atoms with Gasteiger partial charge in [0.25, 0.3) is 11.8 Å². The van der Waals surface area contributed by atoms with Crippen LogP contribution in [-0.2, 0) is 9.59 Å². The van der Waals surface area contributed by atoms with Crippen LogP contribution in [0.25, 0.3) is 0 Å². The molecule has 2 amide bonds. The van der Waals surface area contributed by atoms with Crippen molar-refractivity contribution in [2.24, 2.45) is 0 Å². The second kappa shape index (κ2) is 5.97. The standard InChI is InChI=1S/C23H29N3O2/c1-22(2,3)25-12-15-17(14-10-8-7-9-11-14)16-13-26(23(4,5)6)21(28)19(16)24-18(15)20(25)27/h7-11,17,24H,12-13H2,1-6H3. The lowest BCUT2D eigenvalue weighted by Gasteiger charge is -2.34. The van der Waals surface area contributed by atoms with Gasteiger partial charge in [-0.05, 0) is 58.3 Å². The zero-order chi connectivity index (χ0) is 20.4. The molecule has 3 aliphatic rings. The summed E-state index contributed by atoms with van der Waals surface area (Å²) >= 11 is 0. The molecule has 0 saturated carbocycles. The first-order valence-electron chi connectivity index (χ1n) is 9.92. The van der Waals surface area contributed by atoms with Gasteiger partial charge in [-0.15, -0.1) is 0 Å². The van der Waals surface area contributed by atoms with Crippen LogP contribution in [0.3, 0.4) is 0 Å². The highest BCUT2D eigenvalue weighted by Crippen LogP contribution is 2.46. The summed E-state index contributed by atoms with van der Waals surface area (Å²) in [6.45, 7) is 13.5. The molecular weight excluding hydrogens is 350 g/mol. The summed E-state index contributed by atoms with van der Waals surface area (Å²) in [6.07, 6.45) is 0. The lowest BCUT2D eigenvalue weighted by molar-refractivity contribution is -0.130. The average molecular weight is 380 g/mol. The molecule has 0 aromatic heterocycles. The van der Waals surface area contributed by atoms with Crippen LogP contribution in [-0.4, -0.2) is 45.8 Å². The van der Waals surface area contributed by atoms with Gasteiger partial charge in [0.1, 0.15) is 11.4 Å². The van der Waals surface area contributed by atoms with Crippen molar-refractivity contribution in [2.45, 2.75) is 58.5 Å². The monoisotopic (exact) mass is 379 g/mol. The quantitative estimate of drug-likeness (QED) is 0.815. The van der Waals surface area contributed by atoms with Gasteiger partial charge in [0.05, 0.1) is 0 Å². The summed E-state index contributed by atoms with van der Waals surface area (Å²) in [4.78, 5) is 30.2. The van der Waals surface area contributed by atoms with E-state index in [-0.39, 0.29) is 28.8 Å². The van der Waals surface area contributed by atoms with Gasteiger partial charge in [0, 0.05) is 30.1 Å². The number of hydrogen-bond acceptors (Lipinski definition) is 3. The van der Waals surface area contributed by atoms with E-state index >= 15 is 0 Å². The summed E-state index contributed by atoms with van der Waals surface area (Å²) in [5.74, 6) is -0.0750. The molecule has 0 fully saturated rings. The van der Waals surface area contributed by atoms with Crippen molar-refractivity contribution in [1.29, 1.82) is 0 Å². The Kier molecular flexibility index (Phi) is 4.00. The maximum Gasteiger partial charge on any atom is 0.271 e. The maximum absolute atomic E-state index is 13.2. The maximum atomic E-state index is 13.2. The Morgan fingerprint density at radius 3 is 1.61 bits per heavy atom. The Balaban J connectivity index is 1.81. The van der Waals surface area contributed by atoms with E-state index in [1.54, 1.807) is 0 Å². The molecule has 5 heteroatoms. The molecule has 1 aromatic rings. The number of benzene rings is 1. The van der Waals surface area contributed by atoms with E-state index in [2.05, 4.69) is 59.0 Å². The Labute approximate surface area is 167 Å². The molecule has 0 unspecified atom stereocenters. The van der Waals surface area contributed by atoms with Crippen LogP contribution in [0.4, 0.5) is 0 Å². The molecule has 1 aromatic carbocycles. The Hall–Kier alpha value is -2.56. The lowest BCUT2D eigenvalue weighted by atomic mass is 9.81. The highest BCUT2D eigenvalue weighted by molar-refractivity contribution is 6.04. The predicted molar refractivity (Wildman–Crippen MR) is 109 cm³/mol. The molecule has 28 heavy (non-hydrogen) atoms. The molecule has 3 aliphatic heterocycles. The highest BCUT2D eigenvalue weighted by atomic mass is 16.2. The summed E-state index contributed by atoms with van der Waals surface area (Å²) < 4.78 is 0. The molecule has 5 nitrogen and oxygen atoms in total. The van der Waals surface area contributed by atoms with Crippen molar-refractivity contribution >= 4 is 11.8 Å². The first kappa shape index (κ1) is 18.8. The third-order valence-corrected chi connectivity index (χ3v) is 5.92. The number of dihydropyridines is 1. The van der Waals surface area contributed by atoms with Crippen molar-refractivity contribution in [3.05, 3.63) is 58.4 Å². The minimum atomic E-state index is -0.275. The minimum absolute atomic E-state index is 0.0167. The van der Waals surface area contributed by atoms with Crippen LogP contribution >= 0.6 is 0 Å². The molecule has 0 bridgehead atoms. The molecule has 0 radical (unpaired) electrons. The normalized spacial score (nSPS) is 20.8.